The van der Waals surface area contributed by atoms with Gasteiger partial charge in [0.25, 0.3) is 0 Å². The van der Waals surface area contributed by atoms with Crippen molar-refractivity contribution in [3.05, 3.63) is 29.5 Å². The minimum absolute atomic E-state index is 0.187. The van der Waals surface area contributed by atoms with Crippen LogP contribution in [-0.2, 0) is 7.05 Å². The third-order valence-corrected chi connectivity index (χ3v) is 3.54. The predicted octanol–water partition coefficient (Wildman–Crippen LogP) is 3.48. The molecule has 0 saturated heterocycles. The van der Waals surface area contributed by atoms with E-state index < -0.39 is 0 Å². The van der Waals surface area contributed by atoms with Crippen LogP contribution in [0.15, 0.2) is 18.2 Å². The molecule has 0 spiro atoms. The summed E-state index contributed by atoms with van der Waals surface area (Å²) in [6.07, 6.45) is 2.07. The van der Waals surface area contributed by atoms with Crippen LogP contribution in [0, 0.1) is 6.92 Å². The molecule has 0 fully saturated rings. The van der Waals surface area contributed by atoms with E-state index in [9.17, 15) is 4.79 Å². The van der Waals surface area contributed by atoms with Gasteiger partial charge in [-0.05, 0) is 38.5 Å². The van der Waals surface area contributed by atoms with Crippen molar-refractivity contribution in [2.75, 3.05) is 0 Å². The van der Waals surface area contributed by atoms with Crippen molar-refractivity contribution in [3.8, 4) is 5.75 Å². The zero-order valence-corrected chi connectivity index (χ0v) is 11.4. The summed E-state index contributed by atoms with van der Waals surface area (Å²) in [7, 11) is 1.97. The first kappa shape index (κ1) is 12.7. The molecular weight excluding hydrogens is 226 g/mol. The lowest BCUT2D eigenvalue weighted by Crippen LogP contribution is -2.09. The van der Waals surface area contributed by atoms with Crippen molar-refractivity contribution in [3.63, 3.8) is 0 Å². The van der Waals surface area contributed by atoms with E-state index in [0.29, 0.717) is 0 Å². The number of fused-ring (bicyclic) bond motifs is 1. The van der Waals surface area contributed by atoms with Crippen LogP contribution in [0.5, 0.6) is 5.75 Å². The maximum absolute atomic E-state index is 11.2. The summed E-state index contributed by atoms with van der Waals surface area (Å²) in [5, 5.41) is 0.964. The predicted molar refractivity (Wildman–Crippen MR) is 73.4 cm³/mol. The maximum atomic E-state index is 11.2. The molecule has 2 aromatic rings. The minimum atomic E-state index is 0.187. The van der Waals surface area contributed by atoms with E-state index in [1.54, 1.807) is 0 Å². The van der Waals surface area contributed by atoms with E-state index in [2.05, 4.69) is 6.92 Å². The fraction of sp³-hybridized carbons (Fsp3) is 0.400. The van der Waals surface area contributed by atoms with Crippen LogP contribution in [-0.4, -0.2) is 17.0 Å². The second-order valence-corrected chi connectivity index (χ2v) is 4.69. The van der Waals surface area contributed by atoms with Crippen LogP contribution in [0.25, 0.3) is 10.9 Å². The Hall–Kier alpha value is -1.77. The molecule has 1 aromatic heterocycles. The molecule has 0 aliphatic rings. The molecule has 1 heterocycles. The van der Waals surface area contributed by atoms with Gasteiger partial charge in [0.15, 0.2) is 6.29 Å². The van der Waals surface area contributed by atoms with Crippen molar-refractivity contribution in [1.29, 1.82) is 0 Å². The van der Waals surface area contributed by atoms with Gasteiger partial charge < -0.3 is 9.30 Å². The van der Waals surface area contributed by atoms with E-state index in [4.69, 9.17) is 4.74 Å². The Labute approximate surface area is 107 Å². The molecule has 96 valence electrons. The zero-order chi connectivity index (χ0) is 13.3. The monoisotopic (exact) mass is 245 g/mol. The molecule has 1 atom stereocenters. The highest BCUT2D eigenvalue weighted by molar-refractivity contribution is 5.99. The lowest BCUT2D eigenvalue weighted by Gasteiger charge is -2.12. The summed E-state index contributed by atoms with van der Waals surface area (Å²) < 4.78 is 7.83. The van der Waals surface area contributed by atoms with Gasteiger partial charge in [0.1, 0.15) is 5.75 Å². The molecule has 0 saturated carbocycles. The molecule has 0 bridgehead atoms. The highest BCUT2D eigenvalue weighted by Crippen LogP contribution is 2.28. The van der Waals surface area contributed by atoms with Gasteiger partial charge in [0.05, 0.1) is 6.10 Å². The summed E-state index contributed by atoms with van der Waals surface area (Å²) in [6, 6.07) is 5.92. The van der Waals surface area contributed by atoms with Gasteiger partial charge in [0, 0.05) is 29.2 Å². The van der Waals surface area contributed by atoms with Gasteiger partial charge >= 0.3 is 0 Å². The Morgan fingerprint density at radius 2 is 2.17 bits per heavy atom. The Morgan fingerprint density at radius 3 is 2.78 bits per heavy atom. The number of hydrogen-bond donors (Lipinski definition) is 0. The van der Waals surface area contributed by atoms with E-state index in [1.165, 1.54) is 0 Å². The van der Waals surface area contributed by atoms with Crippen molar-refractivity contribution in [2.45, 2.75) is 33.3 Å². The first-order valence-electron chi connectivity index (χ1n) is 6.29. The van der Waals surface area contributed by atoms with Crippen molar-refractivity contribution in [2.24, 2.45) is 7.05 Å². The number of ether oxygens (including phenoxy) is 1. The van der Waals surface area contributed by atoms with Crippen LogP contribution in [0.4, 0.5) is 0 Å². The summed E-state index contributed by atoms with van der Waals surface area (Å²) >= 11 is 0. The normalized spacial score (nSPS) is 12.7. The molecule has 0 N–H and O–H groups in total. The Bertz CT molecular complexity index is 584. The second kappa shape index (κ2) is 4.84. The summed E-state index contributed by atoms with van der Waals surface area (Å²) in [6.45, 7) is 6.09. The van der Waals surface area contributed by atoms with E-state index in [-0.39, 0.29) is 6.10 Å². The molecule has 2 rings (SSSR count). The number of benzene rings is 1. The fourth-order valence-electron chi connectivity index (χ4n) is 2.12. The van der Waals surface area contributed by atoms with Crippen LogP contribution < -0.4 is 4.74 Å². The Balaban J connectivity index is 2.53. The van der Waals surface area contributed by atoms with Crippen molar-refractivity contribution >= 4 is 17.2 Å². The van der Waals surface area contributed by atoms with Crippen molar-refractivity contribution < 1.29 is 9.53 Å². The Kier molecular flexibility index (Phi) is 3.41. The molecule has 1 aromatic carbocycles. The van der Waals surface area contributed by atoms with Gasteiger partial charge in [0.2, 0.25) is 0 Å². The number of aryl methyl sites for hydroxylation is 1. The first-order valence-corrected chi connectivity index (χ1v) is 6.29. The van der Waals surface area contributed by atoms with Gasteiger partial charge in [-0.15, -0.1) is 0 Å². The fourth-order valence-corrected chi connectivity index (χ4v) is 2.12. The third-order valence-electron chi connectivity index (χ3n) is 3.54. The van der Waals surface area contributed by atoms with Crippen LogP contribution in [0.3, 0.4) is 0 Å². The minimum Gasteiger partial charge on any atom is -0.491 e. The summed E-state index contributed by atoms with van der Waals surface area (Å²) in [5.74, 6) is 0.825. The van der Waals surface area contributed by atoms with Crippen LogP contribution in [0.1, 0.15) is 36.3 Å². The number of rotatable bonds is 4. The highest BCUT2D eigenvalue weighted by Gasteiger charge is 2.12. The lowest BCUT2D eigenvalue weighted by molar-refractivity contribution is 0.112. The van der Waals surface area contributed by atoms with Crippen LogP contribution in [0.2, 0.25) is 0 Å². The lowest BCUT2D eigenvalue weighted by atomic mass is 10.1. The van der Waals surface area contributed by atoms with Crippen molar-refractivity contribution in [1.82, 2.24) is 4.57 Å². The number of aromatic nitrogens is 1. The van der Waals surface area contributed by atoms with Gasteiger partial charge in [-0.1, -0.05) is 6.92 Å². The zero-order valence-electron chi connectivity index (χ0n) is 11.4. The first-order chi connectivity index (χ1) is 8.58. The molecule has 0 aliphatic carbocycles. The highest BCUT2D eigenvalue weighted by atomic mass is 16.5. The van der Waals surface area contributed by atoms with Crippen LogP contribution >= 0.6 is 0 Å². The number of carbonyl (C=O) groups is 1. The molecule has 18 heavy (non-hydrogen) atoms. The number of aldehydes is 1. The van der Waals surface area contributed by atoms with E-state index >= 15 is 0 Å². The summed E-state index contributed by atoms with van der Waals surface area (Å²) in [5.41, 5.74) is 2.80. The van der Waals surface area contributed by atoms with Gasteiger partial charge in [-0.3, -0.25) is 4.79 Å². The second-order valence-electron chi connectivity index (χ2n) is 4.69. The molecule has 0 unspecified atom stereocenters. The molecular formula is C15H19NO2. The molecule has 3 nitrogen and oxygen atoms in total. The Morgan fingerprint density at radius 1 is 1.44 bits per heavy atom. The number of nitrogens with zero attached hydrogens (tertiary/aromatic N) is 1. The van der Waals surface area contributed by atoms with Gasteiger partial charge in [-0.25, -0.2) is 0 Å². The quantitative estimate of drug-likeness (QED) is 0.772. The number of hydrogen-bond acceptors (Lipinski definition) is 2. The van der Waals surface area contributed by atoms with Gasteiger partial charge in [-0.2, -0.15) is 0 Å². The smallest absolute Gasteiger partial charge is 0.152 e. The number of carbonyl (C=O) groups excluding carboxylic acids is 1. The summed E-state index contributed by atoms with van der Waals surface area (Å²) in [4.78, 5) is 11.2. The molecule has 0 aliphatic heterocycles. The average molecular weight is 245 g/mol. The SMILES string of the molecule is CC[C@@H](C)Oc1ccc2c(c1)c(C=O)c(C)n2C. The average Bonchev–Trinajstić information content (AvgIpc) is 2.61. The van der Waals surface area contributed by atoms with E-state index in [0.717, 1.165) is 40.6 Å². The standard InChI is InChI=1S/C15H19NO2/c1-5-10(2)18-12-6-7-15-13(8-12)14(9-17)11(3)16(15)4/h6-10H,5H2,1-4H3/t10-/m1/s1. The topological polar surface area (TPSA) is 31.2 Å². The maximum Gasteiger partial charge on any atom is 0.152 e. The third kappa shape index (κ3) is 2.01. The molecule has 3 heteroatoms. The molecule has 0 radical (unpaired) electrons. The molecule has 0 amide bonds. The largest absolute Gasteiger partial charge is 0.491 e. The van der Waals surface area contributed by atoms with E-state index in [1.807, 2.05) is 43.7 Å².